The molecule has 1 heterocycles. The summed E-state index contributed by atoms with van der Waals surface area (Å²) in [4.78, 5) is 0.175. The first-order valence-corrected chi connectivity index (χ1v) is 7.91. The van der Waals surface area contributed by atoms with E-state index in [0.717, 1.165) is 5.56 Å². The Kier molecular flexibility index (Phi) is 4.49. The molecule has 1 aliphatic heterocycles. The number of rotatable bonds is 4. The number of methoxy groups -OCH3 is 1. The fourth-order valence-corrected chi connectivity index (χ4v) is 3.52. The van der Waals surface area contributed by atoms with Gasteiger partial charge in [-0.2, -0.15) is 8.42 Å². The maximum Gasteiger partial charge on any atom is 0.297 e. The van der Waals surface area contributed by atoms with Crippen LogP contribution in [0.15, 0.2) is 23.1 Å². The monoisotopic (exact) mass is 300 g/mol. The van der Waals surface area contributed by atoms with E-state index in [9.17, 15) is 8.42 Å². The fourth-order valence-electron chi connectivity index (χ4n) is 2.59. The maximum absolute atomic E-state index is 12.1. The third-order valence-electron chi connectivity index (χ3n) is 3.81. The molecule has 6 heteroatoms. The third-order valence-corrected chi connectivity index (χ3v) is 5.14. The highest BCUT2D eigenvalue weighted by Crippen LogP contribution is 2.39. The smallest absolute Gasteiger partial charge is 0.297 e. The summed E-state index contributed by atoms with van der Waals surface area (Å²) < 4.78 is 40.0. The molecule has 1 aromatic rings. The van der Waals surface area contributed by atoms with Gasteiger partial charge in [0.25, 0.3) is 10.1 Å². The molecule has 1 aliphatic rings. The summed E-state index contributed by atoms with van der Waals surface area (Å²) in [7, 11) is -0.987. The predicted octanol–water partition coefficient (Wildman–Crippen LogP) is 1.98. The topological polar surface area (TPSA) is 61.8 Å². The summed E-state index contributed by atoms with van der Waals surface area (Å²) in [5.41, 5.74) is 1.01. The first kappa shape index (κ1) is 15.4. The average Bonchev–Trinajstić information content (AvgIpc) is 2.47. The van der Waals surface area contributed by atoms with Gasteiger partial charge in [-0.3, -0.25) is 4.18 Å². The lowest BCUT2D eigenvalue weighted by Crippen LogP contribution is -2.37. The fraction of sp³-hybridized carbons (Fsp3) is 0.571. The van der Waals surface area contributed by atoms with Gasteiger partial charge < -0.3 is 9.47 Å². The molecule has 1 saturated heterocycles. The second-order valence-electron chi connectivity index (χ2n) is 4.93. The van der Waals surface area contributed by atoms with Crippen molar-refractivity contribution in [1.29, 1.82) is 0 Å². The minimum atomic E-state index is -3.76. The Morgan fingerprint density at radius 2 is 1.85 bits per heavy atom. The Labute approximate surface area is 120 Å². The van der Waals surface area contributed by atoms with Gasteiger partial charge in [-0.05, 0) is 13.0 Å². The number of ether oxygens (including phenoxy) is 2. The van der Waals surface area contributed by atoms with Gasteiger partial charge in [-0.1, -0.05) is 17.7 Å². The molecular formula is C14H20O5S. The standard InChI is InChI=1S/C14H20O5S/c1-11-4-5-13(20(15,16)18-3)12(10-11)14(17-2)6-8-19-9-7-14/h4-5,10H,6-9H2,1-3H3. The molecule has 20 heavy (non-hydrogen) atoms. The molecule has 0 spiro atoms. The van der Waals surface area contributed by atoms with Gasteiger partial charge in [0.15, 0.2) is 0 Å². The Hall–Kier alpha value is -0.950. The van der Waals surface area contributed by atoms with E-state index in [1.54, 1.807) is 19.2 Å². The normalized spacial score (nSPS) is 18.9. The van der Waals surface area contributed by atoms with Crippen LogP contribution in [-0.2, 0) is 29.4 Å². The van der Waals surface area contributed by atoms with Gasteiger partial charge in [0, 0.05) is 38.7 Å². The largest absolute Gasteiger partial charge is 0.381 e. The molecule has 0 aliphatic carbocycles. The molecule has 0 amide bonds. The summed E-state index contributed by atoms with van der Waals surface area (Å²) >= 11 is 0. The number of hydrogen-bond acceptors (Lipinski definition) is 5. The third kappa shape index (κ3) is 2.74. The van der Waals surface area contributed by atoms with E-state index in [0.29, 0.717) is 31.6 Å². The van der Waals surface area contributed by atoms with Gasteiger partial charge in [-0.25, -0.2) is 0 Å². The van der Waals surface area contributed by atoms with Crippen molar-refractivity contribution in [2.75, 3.05) is 27.4 Å². The second kappa shape index (κ2) is 5.81. The van der Waals surface area contributed by atoms with Crippen molar-refractivity contribution in [3.05, 3.63) is 29.3 Å². The van der Waals surface area contributed by atoms with Crippen molar-refractivity contribution in [2.24, 2.45) is 0 Å². The maximum atomic E-state index is 12.1. The highest BCUT2D eigenvalue weighted by Gasteiger charge is 2.38. The van der Waals surface area contributed by atoms with Crippen molar-refractivity contribution >= 4 is 10.1 Å². The van der Waals surface area contributed by atoms with Crippen molar-refractivity contribution in [3.63, 3.8) is 0 Å². The molecule has 0 radical (unpaired) electrons. The molecule has 0 atom stereocenters. The molecule has 2 rings (SSSR count). The van der Waals surface area contributed by atoms with Crippen LogP contribution in [0.3, 0.4) is 0 Å². The molecule has 0 aromatic heterocycles. The lowest BCUT2D eigenvalue weighted by Gasteiger charge is -2.37. The van der Waals surface area contributed by atoms with E-state index in [4.69, 9.17) is 9.47 Å². The van der Waals surface area contributed by atoms with Crippen LogP contribution in [0, 0.1) is 6.92 Å². The van der Waals surface area contributed by atoms with Gasteiger partial charge >= 0.3 is 0 Å². The number of hydrogen-bond donors (Lipinski definition) is 0. The molecular weight excluding hydrogens is 280 g/mol. The molecule has 1 fully saturated rings. The Morgan fingerprint density at radius 1 is 1.20 bits per heavy atom. The molecule has 0 unspecified atom stereocenters. The van der Waals surface area contributed by atoms with Crippen molar-refractivity contribution in [3.8, 4) is 0 Å². The first-order chi connectivity index (χ1) is 9.45. The Balaban J connectivity index is 2.62. The zero-order valence-corrected chi connectivity index (χ0v) is 12.8. The van der Waals surface area contributed by atoms with Crippen LogP contribution in [-0.4, -0.2) is 35.9 Å². The molecule has 0 bridgehead atoms. The van der Waals surface area contributed by atoms with Gasteiger partial charge in [0.05, 0.1) is 12.7 Å². The molecule has 1 aromatic carbocycles. The lowest BCUT2D eigenvalue weighted by atomic mass is 9.85. The van der Waals surface area contributed by atoms with E-state index in [1.165, 1.54) is 7.11 Å². The van der Waals surface area contributed by atoms with Crippen LogP contribution in [0.25, 0.3) is 0 Å². The highest BCUT2D eigenvalue weighted by molar-refractivity contribution is 7.86. The second-order valence-corrected chi connectivity index (χ2v) is 6.61. The van der Waals surface area contributed by atoms with E-state index in [-0.39, 0.29) is 4.90 Å². The average molecular weight is 300 g/mol. The minimum Gasteiger partial charge on any atom is -0.381 e. The minimum absolute atomic E-state index is 0.175. The summed E-state index contributed by atoms with van der Waals surface area (Å²) in [5.74, 6) is 0. The van der Waals surface area contributed by atoms with Crippen molar-refractivity contribution in [2.45, 2.75) is 30.3 Å². The van der Waals surface area contributed by atoms with Crippen molar-refractivity contribution < 1.29 is 22.1 Å². The number of benzene rings is 1. The van der Waals surface area contributed by atoms with Crippen molar-refractivity contribution in [1.82, 2.24) is 0 Å². The quantitative estimate of drug-likeness (QED) is 0.796. The first-order valence-electron chi connectivity index (χ1n) is 6.50. The number of aryl methyl sites for hydroxylation is 1. The Morgan fingerprint density at radius 3 is 2.40 bits per heavy atom. The van der Waals surface area contributed by atoms with E-state index >= 15 is 0 Å². The predicted molar refractivity (Wildman–Crippen MR) is 74.1 cm³/mol. The Bertz CT molecular complexity index is 573. The van der Waals surface area contributed by atoms with Crippen LogP contribution >= 0.6 is 0 Å². The van der Waals surface area contributed by atoms with Crippen LogP contribution in [0.2, 0.25) is 0 Å². The molecule has 0 saturated carbocycles. The van der Waals surface area contributed by atoms with Crippen LogP contribution in [0.4, 0.5) is 0 Å². The van der Waals surface area contributed by atoms with Gasteiger partial charge in [0.1, 0.15) is 4.90 Å². The van der Waals surface area contributed by atoms with Crippen LogP contribution < -0.4 is 0 Å². The zero-order chi connectivity index (χ0) is 14.8. The van der Waals surface area contributed by atoms with Crippen LogP contribution in [0.5, 0.6) is 0 Å². The van der Waals surface area contributed by atoms with E-state index in [2.05, 4.69) is 4.18 Å². The molecule has 5 nitrogen and oxygen atoms in total. The lowest BCUT2D eigenvalue weighted by molar-refractivity contribution is -0.0964. The summed E-state index contributed by atoms with van der Waals surface area (Å²) in [5, 5.41) is 0. The highest BCUT2D eigenvalue weighted by atomic mass is 32.2. The molecule has 112 valence electrons. The molecule has 0 N–H and O–H groups in total. The zero-order valence-electron chi connectivity index (χ0n) is 12.0. The SMILES string of the molecule is COC1(c2cc(C)ccc2S(=O)(=O)OC)CCOCC1. The van der Waals surface area contributed by atoms with Gasteiger partial charge in [-0.15, -0.1) is 0 Å². The van der Waals surface area contributed by atoms with E-state index < -0.39 is 15.7 Å². The summed E-state index contributed by atoms with van der Waals surface area (Å²) in [6, 6.07) is 5.21. The van der Waals surface area contributed by atoms with Gasteiger partial charge in [0.2, 0.25) is 0 Å². The van der Waals surface area contributed by atoms with E-state index in [1.807, 2.05) is 13.0 Å². The summed E-state index contributed by atoms with van der Waals surface area (Å²) in [6.45, 7) is 3.03. The summed E-state index contributed by atoms with van der Waals surface area (Å²) in [6.07, 6.45) is 1.25. The van der Waals surface area contributed by atoms with Crippen LogP contribution in [0.1, 0.15) is 24.0 Å².